The molecule has 0 saturated carbocycles. The molecule has 0 saturated heterocycles. The Morgan fingerprint density at radius 3 is 1.43 bits per heavy atom. The van der Waals surface area contributed by atoms with Gasteiger partial charge in [-0.3, -0.25) is 0 Å². The molecule has 23 heavy (non-hydrogen) atoms. The van der Waals surface area contributed by atoms with Gasteiger partial charge in [0.1, 0.15) is 10.5 Å². The van der Waals surface area contributed by atoms with E-state index >= 15 is 0 Å². The highest BCUT2D eigenvalue weighted by atomic mass is 28.3. The van der Waals surface area contributed by atoms with Crippen LogP contribution in [0.5, 0.6) is 0 Å². The SMILES string of the molecule is CC(C)(N)C(C)(C)C(C)(C)[SiH2]O[SiH3].CCO[SiH](OCC)OCC. The molecule has 2 N–H and O–H groups in total. The summed E-state index contributed by atoms with van der Waals surface area (Å²) < 4.78 is 21.2. The van der Waals surface area contributed by atoms with Gasteiger partial charge in [0.05, 0.1) is 0 Å². The molecule has 142 valence electrons. The predicted molar refractivity (Wildman–Crippen MR) is 108 cm³/mol. The van der Waals surface area contributed by atoms with Crippen molar-refractivity contribution in [3.05, 3.63) is 0 Å². The van der Waals surface area contributed by atoms with Gasteiger partial charge >= 0.3 is 9.53 Å². The van der Waals surface area contributed by atoms with Crippen LogP contribution in [0.1, 0.15) is 62.3 Å². The van der Waals surface area contributed by atoms with Crippen LogP contribution in [0, 0.1) is 5.41 Å². The molecule has 0 radical (unpaired) electrons. The highest BCUT2D eigenvalue weighted by Crippen LogP contribution is 2.49. The summed E-state index contributed by atoms with van der Waals surface area (Å²) in [6.45, 7) is 21.1. The van der Waals surface area contributed by atoms with Crippen LogP contribution in [0.25, 0.3) is 0 Å². The first kappa shape index (κ1) is 25.7. The predicted octanol–water partition coefficient (Wildman–Crippen LogP) is 1.14. The summed E-state index contributed by atoms with van der Waals surface area (Å²) in [5.74, 6) is 0. The monoisotopic (exact) mass is 383 g/mol. The Kier molecular flexibility index (Phi) is 13.3. The van der Waals surface area contributed by atoms with Gasteiger partial charge in [-0.25, -0.2) is 0 Å². The molecule has 0 amide bonds. The smallest absolute Gasteiger partial charge is 0.468 e. The van der Waals surface area contributed by atoms with Crippen LogP contribution in [0.4, 0.5) is 0 Å². The molecular weight excluding hydrogens is 342 g/mol. The minimum absolute atomic E-state index is 0.122. The largest absolute Gasteiger partial charge is 0.484 e. The third-order valence-electron chi connectivity index (χ3n) is 4.72. The molecule has 0 aromatic rings. The highest BCUT2D eigenvalue weighted by Gasteiger charge is 2.46. The van der Waals surface area contributed by atoms with Gasteiger partial charge in [0.2, 0.25) is 0 Å². The van der Waals surface area contributed by atoms with Crippen molar-refractivity contribution >= 4 is 29.8 Å². The lowest BCUT2D eigenvalue weighted by Gasteiger charge is -2.50. The fourth-order valence-corrected chi connectivity index (χ4v) is 6.77. The number of hydrogen-bond acceptors (Lipinski definition) is 5. The third kappa shape index (κ3) is 9.49. The standard InChI is InChI=1S/C9H25NOSi2.C6H16O3Si/c1-7(2,8(3,4)10)9(5,6)13-11-12;1-4-7-10(8-5-2)9-6-3/h10,13H2,1-6,12H3;10H,4-6H2,1-3H3. The van der Waals surface area contributed by atoms with Crippen molar-refractivity contribution in [3.8, 4) is 0 Å². The van der Waals surface area contributed by atoms with E-state index in [0.717, 1.165) is 10.5 Å². The number of rotatable bonds is 10. The summed E-state index contributed by atoms with van der Waals surface area (Å²) in [6.07, 6.45) is 0. The minimum atomic E-state index is -1.73. The molecule has 0 aliphatic heterocycles. The van der Waals surface area contributed by atoms with E-state index in [9.17, 15) is 0 Å². The Balaban J connectivity index is 0. The Morgan fingerprint density at radius 2 is 1.22 bits per heavy atom. The van der Waals surface area contributed by atoms with E-state index < -0.39 is 19.3 Å². The summed E-state index contributed by atoms with van der Waals surface area (Å²) in [5, 5.41) is 0.257. The molecule has 8 heteroatoms. The van der Waals surface area contributed by atoms with E-state index in [1.807, 2.05) is 20.8 Å². The van der Waals surface area contributed by atoms with Crippen molar-refractivity contribution in [2.75, 3.05) is 19.8 Å². The van der Waals surface area contributed by atoms with E-state index in [4.69, 9.17) is 23.1 Å². The maximum Gasteiger partial charge on any atom is 0.484 e. The van der Waals surface area contributed by atoms with Gasteiger partial charge in [-0.05, 0) is 45.1 Å². The van der Waals surface area contributed by atoms with Gasteiger partial charge in [0.15, 0.2) is 9.76 Å². The maximum atomic E-state index is 6.21. The molecule has 0 bridgehead atoms. The lowest BCUT2D eigenvalue weighted by molar-refractivity contribution is 0.107. The second-order valence-corrected chi connectivity index (χ2v) is 13.3. The van der Waals surface area contributed by atoms with E-state index in [2.05, 4.69) is 41.5 Å². The zero-order valence-electron chi connectivity index (χ0n) is 17.1. The van der Waals surface area contributed by atoms with Crippen molar-refractivity contribution in [1.82, 2.24) is 0 Å². The van der Waals surface area contributed by atoms with Crippen LogP contribution < -0.4 is 5.73 Å². The fourth-order valence-electron chi connectivity index (χ4n) is 1.97. The van der Waals surface area contributed by atoms with Gasteiger partial charge in [-0.2, -0.15) is 0 Å². The molecule has 0 aromatic heterocycles. The van der Waals surface area contributed by atoms with E-state index in [0.29, 0.717) is 19.8 Å². The van der Waals surface area contributed by atoms with Crippen molar-refractivity contribution in [1.29, 1.82) is 0 Å². The second kappa shape index (κ2) is 11.9. The summed E-state index contributed by atoms with van der Waals surface area (Å²) in [6, 6.07) is 0. The lowest BCUT2D eigenvalue weighted by atomic mass is 9.67. The zero-order valence-corrected chi connectivity index (χ0v) is 21.7. The molecule has 0 heterocycles. The Hall–Kier alpha value is 0.451. The summed E-state index contributed by atoms with van der Waals surface area (Å²) in [5.41, 5.74) is 6.18. The molecule has 5 nitrogen and oxygen atoms in total. The molecule has 0 aliphatic carbocycles. The van der Waals surface area contributed by atoms with Crippen molar-refractivity contribution < 1.29 is 17.4 Å². The molecule has 0 fully saturated rings. The molecule has 0 spiro atoms. The van der Waals surface area contributed by atoms with Gasteiger partial charge in [0, 0.05) is 25.4 Å². The summed E-state index contributed by atoms with van der Waals surface area (Å²) >= 11 is 0. The average Bonchev–Trinajstić information content (AvgIpc) is 2.39. The Morgan fingerprint density at radius 1 is 0.870 bits per heavy atom. The first-order valence-corrected chi connectivity index (χ1v) is 12.0. The Labute approximate surface area is 151 Å². The van der Waals surface area contributed by atoms with Gasteiger partial charge in [-0.15, -0.1) is 0 Å². The van der Waals surface area contributed by atoms with Gasteiger partial charge < -0.3 is 23.1 Å². The first-order valence-electron chi connectivity index (χ1n) is 8.53. The number of nitrogens with two attached hydrogens (primary N) is 1. The summed E-state index contributed by atoms with van der Waals surface area (Å²) in [4.78, 5) is 0. The molecule has 0 rings (SSSR count). The summed E-state index contributed by atoms with van der Waals surface area (Å²) in [7, 11) is -1.33. The third-order valence-corrected chi connectivity index (χ3v) is 9.29. The number of hydrogen-bond donors (Lipinski definition) is 1. The molecule has 0 atom stereocenters. The first-order chi connectivity index (χ1) is 10.4. The fraction of sp³-hybridized carbons (Fsp3) is 1.00. The zero-order chi connectivity index (χ0) is 18.7. The lowest BCUT2D eigenvalue weighted by Crippen LogP contribution is -2.54. The van der Waals surface area contributed by atoms with E-state index in [-0.39, 0.29) is 16.0 Å². The molecule has 0 aliphatic rings. The van der Waals surface area contributed by atoms with Gasteiger partial charge in [0.25, 0.3) is 0 Å². The van der Waals surface area contributed by atoms with Crippen molar-refractivity contribution in [2.24, 2.45) is 11.1 Å². The average molecular weight is 384 g/mol. The van der Waals surface area contributed by atoms with Crippen molar-refractivity contribution in [2.45, 2.75) is 72.9 Å². The minimum Gasteiger partial charge on any atom is -0.468 e. The Bertz CT molecular complexity index is 283. The second-order valence-electron chi connectivity index (χ2n) is 7.32. The van der Waals surface area contributed by atoms with Crippen LogP contribution in [0.15, 0.2) is 0 Å². The topological polar surface area (TPSA) is 62.9 Å². The quantitative estimate of drug-likeness (QED) is 0.573. The van der Waals surface area contributed by atoms with Crippen LogP contribution in [0.3, 0.4) is 0 Å². The maximum absolute atomic E-state index is 6.21. The van der Waals surface area contributed by atoms with Crippen LogP contribution in [0.2, 0.25) is 5.04 Å². The van der Waals surface area contributed by atoms with Crippen molar-refractivity contribution in [3.63, 3.8) is 0 Å². The normalized spacial score (nSPS) is 13.7. The van der Waals surface area contributed by atoms with Crippen LogP contribution in [-0.2, 0) is 17.4 Å². The van der Waals surface area contributed by atoms with E-state index in [1.54, 1.807) is 0 Å². The molecule has 0 aromatic carbocycles. The molecule has 0 unspecified atom stereocenters. The van der Waals surface area contributed by atoms with E-state index in [1.165, 1.54) is 0 Å². The van der Waals surface area contributed by atoms with Gasteiger partial charge in [-0.1, -0.05) is 27.7 Å². The highest BCUT2D eigenvalue weighted by molar-refractivity contribution is 6.38. The van der Waals surface area contributed by atoms with Crippen LogP contribution in [-0.4, -0.2) is 55.1 Å². The van der Waals surface area contributed by atoms with Crippen LogP contribution >= 0.6 is 0 Å². The molecular formula is C15H41NO4Si3.